The van der Waals surface area contributed by atoms with E-state index in [1.54, 1.807) is 13.2 Å². The second-order valence-corrected chi connectivity index (χ2v) is 5.42. The largest absolute Gasteiger partial charge is 0.496 e. The standard InChI is InChI=1S/C16H13Cl2NO/c1-20-16-5-3-2-4-11(16)10-19-7-6-13-14(18)8-12(17)9-15(13)19/h2-9H,10H2,1H3. The summed E-state index contributed by atoms with van der Waals surface area (Å²) in [7, 11) is 1.68. The smallest absolute Gasteiger partial charge is 0.123 e. The molecule has 4 heteroatoms. The van der Waals surface area contributed by atoms with Crippen molar-refractivity contribution in [2.24, 2.45) is 0 Å². The molecule has 3 aromatic rings. The van der Waals surface area contributed by atoms with Crippen molar-refractivity contribution in [2.45, 2.75) is 6.54 Å². The van der Waals surface area contributed by atoms with Gasteiger partial charge in [0.25, 0.3) is 0 Å². The van der Waals surface area contributed by atoms with E-state index in [9.17, 15) is 0 Å². The molecule has 0 aliphatic heterocycles. The molecule has 0 aliphatic rings. The van der Waals surface area contributed by atoms with Crippen molar-refractivity contribution in [1.82, 2.24) is 4.57 Å². The van der Waals surface area contributed by atoms with Gasteiger partial charge in [-0.25, -0.2) is 0 Å². The average Bonchev–Trinajstić information content (AvgIpc) is 2.83. The van der Waals surface area contributed by atoms with Gasteiger partial charge in [-0.3, -0.25) is 0 Å². The van der Waals surface area contributed by atoms with Crippen molar-refractivity contribution in [3.63, 3.8) is 0 Å². The van der Waals surface area contributed by atoms with Gasteiger partial charge in [-0.2, -0.15) is 0 Å². The van der Waals surface area contributed by atoms with Crippen LogP contribution in [0.25, 0.3) is 10.9 Å². The van der Waals surface area contributed by atoms with Crippen molar-refractivity contribution < 1.29 is 4.74 Å². The molecule has 2 nitrogen and oxygen atoms in total. The van der Waals surface area contributed by atoms with Gasteiger partial charge in [-0.15, -0.1) is 0 Å². The summed E-state index contributed by atoms with van der Waals surface area (Å²) in [5.41, 5.74) is 2.14. The highest BCUT2D eigenvalue weighted by Gasteiger charge is 2.09. The van der Waals surface area contributed by atoms with E-state index < -0.39 is 0 Å². The molecule has 0 radical (unpaired) electrons. The minimum absolute atomic E-state index is 0.641. The number of aromatic nitrogens is 1. The maximum Gasteiger partial charge on any atom is 0.123 e. The van der Waals surface area contributed by atoms with Crippen molar-refractivity contribution in [1.29, 1.82) is 0 Å². The SMILES string of the molecule is COc1ccccc1Cn1ccc2c(Cl)cc(Cl)cc21. The number of para-hydroxylation sites is 1. The minimum Gasteiger partial charge on any atom is -0.496 e. The number of ether oxygens (including phenoxy) is 1. The highest BCUT2D eigenvalue weighted by atomic mass is 35.5. The van der Waals surface area contributed by atoms with Gasteiger partial charge in [0.1, 0.15) is 5.75 Å². The summed E-state index contributed by atoms with van der Waals surface area (Å²) in [5, 5.41) is 2.32. The van der Waals surface area contributed by atoms with Gasteiger partial charge in [0, 0.05) is 22.2 Å². The number of nitrogens with zero attached hydrogens (tertiary/aromatic N) is 1. The molecule has 0 aliphatic carbocycles. The Morgan fingerprint density at radius 3 is 2.70 bits per heavy atom. The third kappa shape index (κ3) is 2.37. The summed E-state index contributed by atoms with van der Waals surface area (Å²) in [6.07, 6.45) is 2.01. The summed E-state index contributed by atoms with van der Waals surface area (Å²) in [6, 6.07) is 13.7. The van der Waals surface area contributed by atoms with E-state index in [0.717, 1.165) is 22.2 Å². The number of hydrogen-bond donors (Lipinski definition) is 0. The number of hydrogen-bond acceptors (Lipinski definition) is 1. The van der Waals surface area contributed by atoms with E-state index in [1.807, 2.05) is 36.5 Å². The number of fused-ring (bicyclic) bond motifs is 1. The summed E-state index contributed by atoms with van der Waals surface area (Å²) in [6.45, 7) is 0.712. The molecule has 0 amide bonds. The molecule has 0 unspecified atom stereocenters. The first kappa shape index (κ1) is 13.3. The number of benzene rings is 2. The molecule has 2 aromatic carbocycles. The Bertz CT molecular complexity index is 764. The predicted octanol–water partition coefficient (Wildman–Crippen LogP) is 5.01. The lowest BCUT2D eigenvalue weighted by Gasteiger charge is -2.10. The molecule has 0 saturated heterocycles. The molecule has 0 N–H and O–H groups in total. The monoisotopic (exact) mass is 305 g/mol. The highest BCUT2D eigenvalue weighted by Crippen LogP contribution is 2.30. The zero-order chi connectivity index (χ0) is 14.1. The zero-order valence-electron chi connectivity index (χ0n) is 10.9. The molecular formula is C16H13Cl2NO. The lowest BCUT2D eigenvalue weighted by Crippen LogP contribution is -2.00. The van der Waals surface area contributed by atoms with Gasteiger partial charge in [0.05, 0.1) is 24.2 Å². The van der Waals surface area contributed by atoms with Crippen LogP contribution in [0.15, 0.2) is 48.7 Å². The maximum absolute atomic E-state index is 6.21. The molecule has 0 atom stereocenters. The van der Waals surface area contributed by atoms with Gasteiger partial charge in [-0.1, -0.05) is 41.4 Å². The second kappa shape index (κ2) is 5.39. The van der Waals surface area contributed by atoms with Crippen LogP contribution in [0.1, 0.15) is 5.56 Å². The van der Waals surface area contributed by atoms with E-state index in [0.29, 0.717) is 16.6 Å². The Labute approximate surface area is 127 Å². The molecule has 0 saturated carbocycles. The van der Waals surface area contributed by atoms with Crippen LogP contribution in [0.5, 0.6) is 5.75 Å². The van der Waals surface area contributed by atoms with Crippen LogP contribution >= 0.6 is 23.2 Å². The van der Waals surface area contributed by atoms with Gasteiger partial charge in [-0.05, 0) is 24.3 Å². The third-order valence-corrected chi connectivity index (χ3v) is 3.87. The first-order valence-corrected chi connectivity index (χ1v) is 7.00. The first-order valence-electron chi connectivity index (χ1n) is 6.25. The van der Waals surface area contributed by atoms with E-state index in [2.05, 4.69) is 10.6 Å². The van der Waals surface area contributed by atoms with E-state index in [1.165, 1.54) is 0 Å². The Hall–Kier alpha value is -1.64. The predicted molar refractivity (Wildman–Crippen MR) is 84.1 cm³/mol. The summed E-state index contributed by atoms with van der Waals surface area (Å²) in [5.74, 6) is 0.877. The van der Waals surface area contributed by atoms with Crippen molar-refractivity contribution in [3.05, 3.63) is 64.3 Å². The molecule has 0 bridgehead atoms. The van der Waals surface area contributed by atoms with Crippen LogP contribution in [0.3, 0.4) is 0 Å². The van der Waals surface area contributed by atoms with Crippen molar-refractivity contribution in [3.8, 4) is 5.75 Å². The molecule has 1 heterocycles. The van der Waals surface area contributed by atoms with Gasteiger partial charge in [0.15, 0.2) is 0 Å². The summed E-state index contributed by atoms with van der Waals surface area (Å²) < 4.78 is 7.50. The molecule has 20 heavy (non-hydrogen) atoms. The maximum atomic E-state index is 6.21. The fourth-order valence-corrected chi connectivity index (χ4v) is 2.92. The Morgan fingerprint density at radius 1 is 1.10 bits per heavy atom. The lowest BCUT2D eigenvalue weighted by atomic mass is 10.2. The summed E-state index contributed by atoms with van der Waals surface area (Å²) in [4.78, 5) is 0. The van der Waals surface area contributed by atoms with E-state index in [4.69, 9.17) is 27.9 Å². The first-order chi connectivity index (χ1) is 9.69. The fourth-order valence-electron chi connectivity index (χ4n) is 2.37. The van der Waals surface area contributed by atoms with Crippen LogP contribution < -0.4 is 4.74 Å². The molecule has 0 fully saturated rings. The Balaban J connectivity index is 2.07. The Morgan fingerprint density at radius 2 is 1.90 bits per heavy atom. The van der Waals surface area contributed by atoms with Crippen molar-refractivity contribution >= 4 is 34.1 Å². The molecule has 0 spiro atoms. The number of methoxy groups -OCH3 is 1. The van der Waals surface area contributed by atoms with Crippen LogP contribution in [0.4, 0.5) is 0 Å². The molecular weight excluding hydrogens is 293 g/mol. The van der Waals surface area contributed by atoms with E-state index >= 15 is 0 Å². The van der Waals surface area contributed by atoms with Crippen molar-refractivity contribution in [2.75, 3.05) is 7.11 Å². The number of rotatable bonds is 3. The second-order valence-electron chi connectivity index (χ2n) is 4.58. The van der Waals surface area contributed by atoms with Gasteiger partial charge < -0.3 is 9.30 Å². The van der Waals surface area contributed by atoms with Crippen LogP contribution in [0.2, 0.25) is 10.0 Å². The third-order valence-electron chi connectivity index (χ3n) is 3.34. The fraction of sp³-hybridized carbons (Fsp3) is 0.125. The van der Waals surface area contributed by atoms with Crippen LogP contribution in [0, 0.1) is 0 Å². The Kier molecular flexibility index (Phi) is 3.60. The average molecular weight is 306 g/mol. The molecule has 3 rings (SSSR count). The zero-order valence-corrected chi connectivity index (χ0v) is 12.4. The van der Waals surface area contributed by atoms with Crippen LogP contribution in [-0.4, -0.2) is 11.7 Å². The topological polar surface area (TPSA) is 14.2 Å². The molecule has 1 aromatic heterocycles. The number of halogens is 2. The lowest BCUT2D eigenvalue weighted by molar-refractivity contribution is 0.408. The quantitative estimate of drug-likeness (QED) is 0.664. The van der Waals surface area contributed by atoms with Crippen LogP contribution in [-0.2, 0) is 6.54 Å². The summed E-state index contributed by atoms with van der Waals surface area (Å²) >= 11 is 12.3. The highest BCUT2D eigenvalue weighted by molar-refractivity contribution is 6.38. The normalized spacial score (nSPS) is 10.9. The molecule has 102 valence electrons. The minimum atomic E-state index is 0.641. The van der Waals surface area contributed by atoms with E-state index in [-0.39, 0.29) is 0 Å². The van der Waals surface area contributed by atoms with Gasteiger partial charge >= 0.3 is 0 Å². The van der Waals surface area contributed by atoms with Gasteiger partial charge in [0.2, 0.25) is 0 Å².